The Morgan fingerprint density at radius 1 is 1.00 bits per heavy atom. The van der Waals surface area contributed by atoms with Gasteiger partial charge in [0, 0.05) is 19.2 Å². The summed E-state index contributed by atoms with van der Waals surface area (Å²) in [6, 6.07) is 20.9. The number of nitrogens with zero attached hydrogens (tertiary/aromatic N) is 2. The summed E-state index contributed by atoms with van der Waals surface area (Å²) in [5.74, 6) is -0.442. The van der Waals surface area contributed by atoms with Gasteiger partial charge in [-0.05, 0) is 34.0 Å². The monoisotopic (exact) mass is 387 g/mol. The Morgan fingerprint density at radius 2 is 1.72 bits per heavy atom. The molecule has 6 heteroatoms. The molecule has 3 aromatic carbocycles. The Kier molecular flexibility index (Phi) is 4.99. The number of carbonyl (C=O) groups is 3. The Balaban J connectivity index is 1.54. The fraction of sp³-hybridized carbons (Fsp3) is 0.174. The van der Waals surface area contributed by atoms with E-state index in [4.69, 9.17) is 0 Å². The molecule has 0 radical (unpaired) electrons. The third kappa shape index (κ3) is 3.82. The first kappa shape index (κ1) is 18.7. The number of hydrogen-bond donors (Lipinski definition) is 1. The summed E-state index contributed by atoms with van der Waals surface area (Å²) in [5, 5.41) is 4.79. The standard InChI is InChI=1S/C23H21N3O3/c1-25(14-16-10-11-17-6-2-3-7-18(17)12-16)22(28)20-9-5-4-8-19(20)15-26-21(27)13-24-23(26)29/h2-12H,13-15H2,1H3,(H,24,29). The molecule has 1 fully saturated rings. The topological polar surface area (TPSA) is 69.7 Å². The second-order valence-electron chi connectivity index (χ2n) is 7.14. The quantitative estimate of drug-likeness (QED) is 0.684. The van der Waals surface area contributed by atoms with Gasteiger partial charge < -0.3 is 10.2 Å². The third-order valence-electron chi connectivity index (χ3n) is 5.09. The van der Waals surface area contributed by atoms with E-state index in [9.17, 15) is 14.4 Å². The van der Waals surface area contributed by atoms with Gasteiger partial charge in [0.15, 0.2) is 0 Å². The van der Waals surface area contributed by atoms with Gasteiger partial charge >= 0.3 is 6.03 Å². The molecule has 4 rings (SSSR count). The van der Waals surface area contributed by atoms with Crippen LogP contribution in [0.1, 0.15) is 21.5 Å². The van der Waals surface area contributed by atoms with Crippen LogP contribution in [0.4, 0.5) is 4.79 Å². The van der Waals surface area contributed by atoms with E-state index < -0.39 is 6.03 Å². The number of rotatable bonds is 5. The number of fused-ring (bicyclic) bond motifs is 1. The molecular formula is C23H21N3O3. The Bertz CT molecular complexity index is 1090. The lowest BCUT2D eigenvalue weighted by Gasteiger charge is -2.21. The predicted octanol–water partition coefficient (Wildman–Crippen LogP) is 3.16. The molecule has 0 unspecified atom stereocenters. The average Bonchev–Trinajstić information content (AvgIpc) is 3.05. The SMILES string of the molecule is CN(Cc1ccc2ccccc2c1)C(=O)c1ccccc1CN1C(=O)CNC1=O. The predicted molar refractivity (Wildman–Crippen MR) is 110 cm³/mol. The smallest absolute Gasteiger partial charge is 0.324 e. The third-order valence-corrected chi connectivity index (χ3v) is 5.09. The molecule has 1 aliphatic heterocycles. The first-order valence-corrected chi connectivity index (χ1v) is 9.42. The summed E-state index contributed by atoms with van der Waals surface area (Å²) in [5.41, 5.74) is 2.17. The fourth-order valence-corrected chi connectivity index (χ4v) is 3.54. The minimum Gasteiger partial charge on any atom is -0.337 e. The zero-order valence-electron chi connectivity index (χ0n) is 16.1. The first-order valence-electron chi connectivity index (χ1n) is 9.42. The second kappa shape index (κ2) is 7.75. The maximum absolute atomic E-state index is 13.1. The van der Waals surface area contributed by atoms with Crippen molar-refractivity contribution in [3.8, 4) is 0 Å². The molecule has 1 aliphatic rings. The van der Waals surface area contributed by atoms with Gasteiger partial charge in [0.25, 0.3) is 5.91 Å². The van der Waals surface area contributed by atoms with E-state index in [0.29, 0.717) is 17.7 Å². The Hall–Kier alpha value is -3.67. The van der Waals surface area contributed by atoms with Crippen LogP contribution in [0.2, 0.25) is 0 Å². The lowest BCUT2D eigenvalue weighted by atomic mass is 10.0. The minimum atomic E-state index is -0.429. The summed E-state index contributed by atoms with van der Waals surface area (Å²) in [4.78, 5) is 39.6. The molecule has 4 amide bonds. The summed E-state index contributed by atoms with van der Waals surface area (Å²) >= 11 is 0. The van der Waals surface area contributed by atoms with Crippen LogP contribution in [0.15, 0.2) is 66.7 Å². The number of urea groups is 1. The molecule has 29 heavy (non-hydrogen) atoms. The van der Waals surface area contributed by atoms with Crippen LogP contribution in [0, 0.1) is 0 Å². The molecule has 1 heterocycles. The normalized spacial score (nSPS) is 13.6. The van der Waals surface area contributed by atoms with Crippen molar-refractivity contribution in [3.63, 3.8) is 0 Å². The van der Waals surface area contributed by atoms with Crippen LogP contribution < -0.4 is 5.32 Å². The number of nitrogens with one attached hydrogen (secondary N) is 1. The lowest BCUT2D eigenvalue weighted by molar-refractivity contribution is -0.125. The van der Waals surface area contributed by atoms with Crippen molar-refractivity contribution in [2.45, 2.75) is 13.1 Å². The summed E-state index contributed by atoms with van der Waals surface area (Å²) in [6.07, 6.45) is 0. The molecule has 0 spiro atoms. The van der Waals surface area contributed by atoms with Crippen molar-refractivity contribution in [2.24, 2.45) is 0 Å². The van der Waals surface area contributed by atoms with E-state index in [2.05, 4.69) is 23.5 Å². The molecule has 146 valence electrons. The van der Waals surface area contributed by atoms with Crippen LogP contribution in [0.25, 0.3) is 10.8 Å². The van der Waals surface area contributed by atoms with Gasteiger partial charge in [-0.25, -0.2) is 4.79 Å². The van der Waals surface area contributed by atoms with Crippen LogP contribution in [0.3, 0.4) is 0 Å². The molecule has 0 saturated carbocycles. The van der Waals surface area contributed by atoms with Gasteiger partial charge in [-0.2, -0.15) is 0 Å². The van der Waals surface area contributed by atoms with Crippen molar-refractivity contribution in [1.82, 2.24) is 15.1 Å². The van der Waals surface area contributed by atoms with Crippen molar-refractivity contribution in [2.75, 3.05) is 13.6 Å². The van der Waals surface area contributed by atoms with Gasteiger partial charge in [0.2, 0.25) is 5.91 Å². The molecule has 6 nitrogen and oxygen atoms in total. The van der Waals surface area contributed by atoms with Gasteiger partial charge in [0.1, 0.15) is 0 Å². The van der Waals surface area contributed by atoms with Crippen LogP contribution >= 0.6 is 0 Å². The van der Waals surface area contributed by atoms with E-state index in [1.807, 2.05) is 24.3 Å². The first-order chi connectivity index (χ1) is 14.0. The zero-order valence-corrected chi connectivity index (χ0v) is 16.1. The van der Waals surface area contributed by atoms with Crippen LogP contribution in [-0.4, -0.2) is 41.2 Å². The van der Waals surface area contributed by atoms with E-state index in [-0.39, 0.29) is 24.9 Å². The summed E-state index contributed by atoms with van der Waals surface area (Å²) in [7, 11) is 1.75. The van der Waals surface area contributed by atoms with E-state index in [1.54, 1.807) is 36.2 Å². The lowest BCUT2D eigenvalue weighted by Crippen LogP contribution is -2.32. The fourth-order valence-electron chi connectivity index (χ4n) is 3.54. The highest BCUT2D eigenvalue weighted by atomic mass is 16.2. The highest BCUT2D eigenvalue weighted by Gasteiger charge is 2.29. The number of benzene rings is 3. The van der Waals surface area contributed by atoms with Crippen molar-refractivity contribution >= 4 is 28.6 Å². The van der Waals surface area contributed by atoms with Gasteiger partial charge in [0.05, 0.1) is 13.1 Å². The van der Waals surface area contributed by atoms with E-state index >= 15 is 0 Å². The average molecular weight is 387 g/mol. The molecular weight excluding hydrogens is 366 g/mol. The number of carbonyl (C=O) groups excluding carboxylic acids is 3. The number of imide groups is 1. The van der Waals surface area contributed by atoms with Gasteiger partial charge in [-0.1, -0.05) is 54.6 Å². The van der Waals surface area contributed by atoms with Gasteiger partial charge in [-0.15, -0.1) is 0 Å². The van der Waals surface area contributed by atoms with Crippen LogP contribution in [-0.2, 0) is 17.9 Å². The van der Waals surface area contributed by atoms with Gasteiger partial charge in [-0.3, -0.25) is 14.5 Å². The zero-order chi connectivity index (χ0) is 20.4. The van der Waals surface area contributed by atoms with Crippen molar-refractivity contribution in [1.29, 1.82) is 0 Å². The maximum atomic E-state index is 13.1. The summed E-state index contributed by atoms with van der Waals surface area (Å²) < 4.78 is 0. The minimum absolute atomic E-state index is 0.00316. The van der Waals surface area contributed by atoms with Crippen molar-refractivity contribution in [3.05, 3.63) is 83.4 Å². The van der Waals surface area contributed by atoms with Crippen molar-refractivity contribution < 1.29 is 14.4 Å². The molecule has 0 atom stereocenters. The molecule has 1 saturated heterocycles. The number of hydrogen-bond acceptors (Lipinski definition) is 3. The second-order valence-corrected chi connectivity index (χ2v) is 7.14. The summed E-state index contributed by atoms with van der Waals surface area (Å²) in [6.45, 7) is 0.536. The van der Waals surface area contributed by atoms with E-state index in [1.165, 1.54) is 0 Å². The largest absolute Gasteiger partial charge is 0.337 e. The highest BCUT2D eigenvalue weighted by molar-refractivity contribution is 6.02. The van der Waals surface area contributed by atoms with Crippen LogP contribution in [0.5, 0.6) is 0 Å². The molecule has 0 aromatic heterocycles. The molecule has 0 aliphatic carbocycles. The number of amides is 4. The van der Waals surface area contributed by atoms with E-state index in [0.717, 1.165) is 21.2 Å². The Morgan fingerprint density at radius 3 is 2.48 bits per heavy atom. The highest BCUT2D eigenvalue weighted by Crippen LogP contribution is 2.19. The molecule has 3 aromatic rings. The molecule has 0 bridgehead atoms. The molecule has 1 N–H and O–H groups in total. The maximum Gasteiger partial charge on any atom is 0.324 e. The Labute approximate surface area is 168 Å².